The summed E-state index contributed by atoms with van der Waals surface area (Å²) in [5.41, 5.74) is 4.03. The number of hydrogen-bond donors (Lipinski definition) is 1. The molecule has 1 atom stereocenters. The van der Waals surface area contributed by atoms with Crippen LogP contribution in [0.25, 0.3) is 0 Å². The molecule has 1 saturated carbocycles. The molecule has 4 rings (SSSR count). The van der Waals surface area contributed by atoms with Crippen LogP contribution in [-0.4, -0.2) is 43.8 Å². The largest absolute Gasteiger partial charge is 0.352 e. The first-order valence-corrected chi connectivity index (χ1v) is 16.8. The van der Waals surface area contributed by atoms with Crippen LogP contribution in [0, 0.1) is 20.8 Å². The summed E-state index contributed by atoms with van der Waals surface area (Å²) in [4.78, 5) is 29.6. The van der Waals surface area contributed by atoms with Crippen LogP contribution in [0.2, 0.25) is 5.02 Å². The van der Waals surface area contributed by atoms with Crippen LogP contribution >= 0.6 is 11.6 Å². The molecule has 1 aliphatic carbocycles. The van der Waals surface area contributed by atoms with Gasteiger partial charge in [-0.15, -0.1) is 0 Å². The van der Waals surface area contributed by atoms with E-state index in [4.69, 9.17) is 11.6 Å². The Labute approximate surface area is 261 Å². The molecule has 0 spiro atoms. The van der Waals surface area contributed by atoms with Crippen LogP contribution in [0.5, 0.6) is 0 Å². The topological polar surface area (TPSA) is 86.8 Å². The maximum absolute atomic E-state index is 14.3. The van der Waals surface area contributed by atoms with Gasteiger partial charge in [-0.1, -0.05) is 73.7 Å². The van der Waals surface area contributed by atoms with Gasteiger partial charge in [0, 0.05) is 17.6 Å². The van der Waals surface area contributed by atoms with Crippen molar-refractivity contribution in [3.63, 3.8) is 0 Å². The lowest BCUT2D eigenvalue weighted by molar-refractivity contribution is -0.140. The molecule has 2 amide bonds. The second-order valence-corrected chi connectivity index (χ2v) is 13.8. The fourth-order valence-electron chi connectivity index (χ4n) is 5.50. The van der Waals surface area contributed by atoms with Gasteiger partial charge in [0.25, 0.3) is 10.0 Å². The summed E-state index contributed by atoms with van der Waals surface area (Å²) >= 11 is 6.12. The van der Waals surface area contributed by atoms with Crippen LogP contribution in [0.15, 0.2) is 71.6 Å². The first-order valence-electron chi connectivity index (χ1n) is 15.0. The zero-order valence-corrected chi connectivity index (χ0v) is 27.0. The fraction of sp³-hybridized carbons (Fsp3) is 0.412. The van der Waals surface area contributed by atoms with Crippen molar-refractivity contribution in [1.82, 2.24) is 10.2 Å². The standard InChI is InChI=1S/C34H42ClN3O4S/c1-5-32(34(40)36-29-9-7-6-8-10-29)37(22-27-14-16-28(35)17-15-27)33(39)23-38(30-18-13-25(3)26(4)21-30)43(41,42)31-19-11-24(2)12-20-31/h11-21,29,32H,5-10,22-23H2,1-4H3,(H,36,40). The van der Waals surface area contributed by atoms with E-state index >= 15 is 0 Å². The molecule has 0 aromatic heterocycles. The highest BCUT2D eigenvalue weighted by Crippen LogP contribution is 2.27. The van der Waals surface area contributed by atoms with E-state index in [0.717, 1.165) is 58.7 Å². The molecule has 0 aliphatic heterocycles. The number of amides is 2. The minimum absolute atomic E-state index is 0.0803. The normalized spacial score (nSPS) is 14.6. The van der Waals surface area contributed by atoms with E-state index in [0.29, 0.717) is 17.1 Å². The van der Waals surface area contributed by atoms with Crippen LogP contribution in [0.4, 0.5) is 5.69 Å². The lowest BCUT2D eigenvalue weighted by atomic mass is 9.95. The Hall–Kier alpha value is -3.36. The zero-order valence-electron chi connectivity index (χ0n) is 25.5. The molecule has 0 heterocycles. The second-order valence-electron chi connectivity index (χ2n) is 11.5. The molecule has 0 saturated heterocycles. The van der Waals surface area contributed by atoms with Crippen molar-refractivity contribution in [2.45, 2.75) is 89.7 Å². The molecule has 230 valence electrons. The Morgan fingerprint density at radius 1 is 0.907 bits per heavy atom. The van der Waals surface area contributed by atoms with Gasteiger partial charge in [0.15, 0.2) is 0 Å². The van der Waals surface area contributed by atoms with Crippen molar-refractivity contribution >= 4 is 39.1 Å². The van der Waals surface area contributed by atoms with E-state index in [1.54, 1.807) is 48.5 Å². The number of benzene rings is 3. The highest BCUT2D eigenvalue weighted by molar-refractivity contribution is 7.92. The molecule has 0 radical (unpaired) electrons. The van der Waals surface area contributed by atoms with Gasteiger partial charge in [-0.3, -0.25) is 13.9 Å². The Bertz CT molecular complexity index is 1520. The maximum atomic E-state index is 14.3. The van der Waals surface area contributed by atoms with Gasteiger partial charge >= 0.3 is 0 Å². The van der Waals surface area contributed by atoms with E-state index in [-0.39, 0.29) is 23.4 Å². The van der Waals surface area contributed by atoms with Gasteiger partial charge < -0.3 is 10.2 Å². The van der Waals surface area contributed by atoms with E-state index in [1.165, 1.54) is 4.90 Å². The quantitative estimate of drug-likeness (QED) is 0.257. The summed E-state index contributed by atoms with van der Waals surface area (Å²) < 4.78 is 29.3. The minimum atomic E-state index is -4.12. The molecular weight excluding hydrogens is 582 g/mol. The number of nitrogens with one attached hydrogen (secondary N) is 1. The van der Waals surface area contributed by atoms with Gasteiger partial charge in [-0.2, -0.15) is 0 Å². The zero-order chi connectivity index (χ0) is 31.1. The summed E-state index contributed by atoms with van der Waals surface area (Å²) in [5, 5.41) is 3.74. The van der Waals surface area contributed by atoms with Crippen molar-refractivity contribution in [3.8, 4) is 0 Å². The van der Waals surface area contributed by atoms with Crippen LogP contribution in [0.3, 0.4) is 0 Å². The van der Waals surface area contributed by atoms with E-state index in [9.17, 15) is 18.0 Å². The van der Waals surface area contributed by atoms with E-state index < -0.39 is 28.5 Å². The SMILES string of the molecule is CCC(C(=O)NC1CCCCC1)N(Cc1ccc(Cl)cc1)C(=O)CN(c1ccc(C)c(C)c1)S(=O)(=O)c1ccc(C)cc1. The summed E-state index contributed by atoms with van der Waals surface area (Å²) in [6.45, 7) is 7.30. The molecule has 1 fully saturated rings. The predicted octanol–water partition coefficient (Wildman–Crippen LogP) is 6.72. The molecule has 1 aliphatic rings. The summed E-state index contributed by atoms with van der Waals surface area (Å²) in [6.07, 6.45) is 5.51. The molecule has 43 heavy (non-hydrogen) atoms. The lowest BCUT2D eigenvalue weighted by Crippen LogP contribution is -2.54. The number of nitrogens with zero attached hydrogens (tertiary/aromatic N) is 2. The predicted molar refractivity (Wildman–Crippen MR) is 173 cm³/mol. The highest BCUT2D eigenvalue weighted by Gasteiger charge is 2.34. The average Bonchev–Trinajstić information content (AvgIpc) is 2.99. The third-order valence-corrected chi connectivity index (χ3v) is 10.3. The van der Waals surface area contributed by atoms with Gasteiger partial charge in [-0.05, 0) is 93.1 Å². The molecule has 3 aromatic rings. The molecule has 1 unspecified atom stereocenters. The van der Waals surface area contributed by atoms with Gasteiger partial charge in [0.1, 0.15) is 12.6 Å². The highest BCUT2D eigenvalue weighted by atomic mass is 35.5. The Morgan fingerprint density at radius 2 is 1.56 bits per heavy atom. The number of aryl methyl sites for hydroxylation is 3. The molecule has 1 N–H and O–H groups in total. The fourth-order valence-corrected chi connectivity index (χ4v) is 7.03. The number of halogens is 1. The third kappa shape index (κ3) is 8.18. The molecule has 9 heteroatoms. The number of anilines is 1. The van der Waals surface area contributed by atoms with Crippen molar-refractivity contribution < 1.29 is 18.0 Å². The van der Waals surface area contributed by atoms with E-state index in [2.05, 4.69) is 5.32 Å². The minimum Gasteiger partial charge on any atom is -0.352 e. The Balaban J connectivity index is 1.72. The summed E-state index contributed by atoms with van der Waals surface area (Å²) in [5.74, 6) is -0.676. The number of carbonyl (C=O) groups excluding carboxylic acids is 2. The third-order valence-electron chi connectivity index (χ3n) is 8.27. The first kappa shape index (κ1) is 32.6. The van der Waals surface area contributed by atoms with Crippen molar-refractivity contribution in [1.29, 1.82) is 0 Å². The number of sulfonamides is 1. The molecule has 7 nitrogen and oxygen atoms in total. The number of carbonyl (C=O) groups is 2. The van der Waals surface area contributed by atoms with Gasteiger partial charge in [0.05, 0.1) is 10.6 Å². The van der Waals surface area contributed by atoms with Crippen molar-refractivity contribution in [2.24, 2.45) is 0 Å². The Morgan fingerprint density at radius 3 is 2.16 bits per heavy atom. The van der Waals surface area contributed by atoms with Crippen LogP contribution < -0.4 is 9.62 Å². The van der Waals surface area contributed by atoms with Crippen LogP contribution in [0.1, 0.15) is 67.7 Å². The van der Waals surface area contributed by atoms with Gasteiger partial charge in [0.2, 0.25) is 11.8 Å². The smallest absolute Gasteiger partial charge is 0.264 e. The molecular formula is C34H42ClN3O4S. The molecule has 3 aromatic carbocycles. The second kappa shape index (κ2) is 14.4. The monoisotopic (exact) mass is 623 g/mol. The van der Waals surface area contributed by atoms with Crippen molar-refractivity contribution in [2.75, 3.05) is 10.8 Å². The lowest BCUT2D eigenvalue weighted by Gasteiger charge is -2.34. The first-order chi connectivity index (χ1) is 20.5. The van der Waals surface area contributed by atoms with Gasteiger partial charge in [-0.25, -0.2) is 8.42 Å². The summed E-state index contributed by atoms with van der Waals surface area (Å²) in [6, 6.07) is 18.4. The summed E-state index contributed by atoms with van der Waals surface area (Å²) in [7, 11) is -4.12. The average molecular weight is 624 g/mol. The van der Waals surface area contributed by atoms with E-state index in [1.807, 2.05) is 45.9 Å². The Kier molecular flexibility index (Phi) is 10.9. The van der Waals surface area contributed by atoms with Crippen LogP contribution in [-0.2, 0) is 26.2 Å². The molecule has 0 bridgehead atoms. The number of hydrogen-bond acceptors (Lipinski definition) is 4. The van der Waals surface area contributed by atoms with Crippen molar-refractivity contribution in [3.05, 3.63) is 94.0 Å². The maximum Gasteiger partial charge on any atom is 0.264 e. The number of rotatable bonds is 11.